The summed E-state index contributed by atoms with van der Waals surface area (Å²) in [6, 6.07) is 9.87. The Morgan fingerprint density at radius 3 is 2.49 bits per heavy atom. The molecule has 3 heterocycles. The number of carboxylic acids is 1. The average molecular weight is 506 g/mol. The third-order valence-electron chi connectivity index (χ3n) is 4.79. The third kappa shape index (κ3) is 4.89. The number of pyridine rings is 2. The number of halogens is 4. The van der Waals surface area contributed by atoms with Crippen LogP contribution in [0.1, 0.15) is 0 Å². The summed E-state index contributed by atoms with van der Waals surface area (Å²) in [5.41, 5.74) is 1.17. The number of alkyl halides is 3. The maximum Gasteiger partial charge on any atom is 0.490 e. The summed E-state index contributed by atoms with van der Waals surface area (Å²) in [6.07, 6.45) is -1.80. The van der Waals surface area contributed by atoms with Crippen molar-refractivity contribution in [2.75, 3.05) is 7.11 Å². The highest BCUT2D eigenvalue weighted by molar-refractivity contribution is 7.99. The average Bonchev–Trinajstić information content (AvgIpc) is 3.23. The van der Waals surface area contributed by atoms with Gasteiger partial charge in [0.1, 0.15) is 5.82 Å². The summed E-state index contributed by atoms with van der Waals surface area (Å²) >= 11 is 1.41. The Balaban J connectivity index is 0.000000364. The van der Waals surface area contributed by atoms with Crippen molar-refractivity contribution >= 4 is 50.3 Å². The van der Waals surface area contributed by atoms with Gasteiger partial charge in [0, 0.05) is 39.5 Å². The van der Waals surface area contributed by atoms with E-state index in [1.165, 1.54) is 23.9 Å². The summed E-state index contributed by atoms with van der Waals surface area (Å²) in [5, 5.41) is 10.2. The van der Waals surface area contributed by atoms with Gasteiger partial charge in [0.25, 0.3) is 5.56 Å². The Morgan fingerprint density at radius 2 is 1.86 bits per heavy atom. The number of nitrogens with one attached hydrogen (secondary N) is 2. The summed E-state index contributed by atoms with van der Waals surface area (Å²) < 4.78 is 50.7. The van der Waals surface area contributed by atoms with Crippen LogP contribution in [0.3, 0.4) is 0 Å². The van der Waals surface area contributed by atoms with Gasteiger partial charge in [-0.15, -0.1) is 0 Å². The molecule has 0 spiro atoms. The zero-order valence-corrected chi connectivity index (χ0v) is 18.4. The van der Waals surface area contributed by atoms with Crippen molar-refractivity contribution in [1.29, 1.82) is 0 Å². The molecule has 0 radical (unpaired) electrons. The Morgan fingerprint density at radius 1 is 1.11 bits per heavy atom. The topological polar surface area (TPSA) is 121 Å². The minimum atomic E-state index is -5.08. The van der Waals surface area contributed by atoms with E-state index in [1.54, 1.807) is 37.7 Å². The van der Waals surface area contributed by atoms with E-state index in [2.05, 4.69) is 15.0 Å². The number of imidazole rings is 1. The highest BCUT2D eigenvalue weighted by Crippen LogP contribution is 2.35. The lowest BCUT2D eigenvalue weighted by molar-refractivity contribution is -0.192. The van der Waals surface area contributed by atoms with E-state index in [0.29, 0.717) is 32.7 Å². The van der Waals surface area contributed by atoms with Gasteiger partial charge in [0.15, 0.2) is 5.16 Å². The van der Waals surface area contributed by atoms with Crippen molar-refractivity contribution in [2.24, 2.45) is 0 Å². The molecule has 0 aliphatic rings. The second-order valence-electron chi connectivity index (χ2n) is 6.99. The largest absolute Gasteiger partial charge is 0.490 e. The molecule has 5 aromatic rings. The lowest BCUT2D eigenvalue weighted by Gasteiger charge is -2.05. The predicted octanol–water partition coefficient (Wildman–Crippen LogP) is 4.88. The standard InChI is InChI=1S/C20H13FN4O2S.C2HF3O2/c1-27-15-5-3-11(9-23-15)28-20-24-17-12-4-2-10(21)8-14(12)16-13(18(17)25-20)6-7-22-19(16)26;3-2(4,5)1(6)7/h2-9H,1H3,(H,22,26)(H,24,25);(H,6,7). The highest BCUT2D eigenvalue weighted by Gasteiger charge is 2.38. The number of aromatic amines is 2. The molecule has 0 saturated heterocycles. The molecule has 3 aromatic heterocycles. The maximum absolute atomic E-state index is 13.9. The number of H-pyrrole nitrogens is 2. The summed E-state index contributed by atoms with van der Waals surface area (Å²) in [4.78, 5) is 37.1. The molecule has 8 nitrogen and oxygen atoms in total. The predicted molar refractivity (Wildman–Crippen MR) is 120 cm³/mol. The molecule has 5 rings (SSSR count). The molecule has 0 aliphatic carbocycles. The molecule has 0 atom stereocenters. The molecule has 0 amide bonds. The van der Waals surface area contributed by atoms with Gasteiger partial charge in [-0.2, -0.15) is 13.2 Å². The molecule has 0 bridgehead atoms. The van der Waals surface area contributed by atoms with Crippen LogP contribution in [0.25, 0.3) is 32.6 Å². The Hall–Kier alpha value is -4.13. The third-order valence-corrected chi connectivity index (χ3v) is 5.66. The lowest BCUT2D eigenvalue weighted by Crippen LogP contribution is -2.21. The summed E-state index contributed by atoms with van der Waals surface area (Å²) in [6.45, 7) is 0. The first-order valence-corrected chi connectivity index (χ1v) is 10.5. The van der Waals surface area contributed by atoms with Gasteiger partial charge in [-0.25, -0.2) is 19.2 Å². The number of ether oxygens (including phenoxy) is 1. The number of carboxylic acid groups (broad SMARTS) is 1. The first-order valence-electron chi connectivity index (χ1n) is 9.69. The smallest absolute Gasteiger partial charge is 0.481 e. The summed E-state index contributed by atoms with van der Waals surface area (Å²) in [7, 11) is 1.56. The van der Waals surface area contributed by atoms with E-state index in [1.807, 2.05) is 6.07 Å². The first kappa shape index (κ1) is 24.0. The number of carbonyl (C=O) groups is 1. The number of hydrogen-bond donors (Lipinski definition) is 3. The van der Waals surface area contributed by atoms with E-state index in [4.69, 9.17) is 19.6 Å². The number of rotatable bonds is 3. The van der Waals surface area contributed by atoms with Crippen LogP contribution in [0.4, 0.5) is 17.6 Å². The van der Waals surface area contributed by atoms with Gasteiger partial charge >= 0.3 is 12.1 Å². The zero-order chi connectivity index (χ0) is 25.3. The van der Waals surface area contributed by atoms with Crippen LogP contribution in [0.5, 0.6) is 5.88 Å². The molecular weight excluding hydrogens is 492 g/mol. The molecule has 3 N–H and O–H groups in total. The second-order valence-corrected chi connectivity index (χ2v) is 8.05. The monoisotopic (exact) mass is 506 g/mol. The number of aromatic nitrogens is 4. The number of methoxy groups -OCH3 is 1. The molecule has 2 aromatic carbocycles. The SMILES string of the molecule is COc1ccc(Sc2nc3c4ccc(F)cc4c4c(=O)[nH]ccc4c3[nH]2)cn1.O=C(O)C(F)(F)F. The van der Waals surface area contributed by atoms with Gasteiger partial charge in [0.05, 0.1) is 23.5 Å². The maximum atomic E-state index is 13.9. The van der Waals surface area contributed by atoms with Crippen molar-refractivity contribution < 1.29 is 32.2 Å². The van der Waals surface area contributed by atoms with Crippen LogP contribution in [0, 0.1) is 5.82 Å². The van der Waals surface area contributed by atoms with Gasteiger partial charge < -0.3 is 19.8 Å². The van der Waals surface area contributed by atoms with Crippen LogP contribution in [0.15, 0.2) is 63.6 Å². The molecule has 35 heavy (non-hydrogen) atoms. The molecule has 0 fully saturated rings. The zero-order valence-electron chi connectivity index (χ0n) is 17.6. The van der Waals surface area contributed by atoms with Gasteiger partial charge in [-0.05, 0) is 30.3 Å². The quantitative estimate of drug-likeness (QED) is 0.235. The molecule has 0 saturated carbocycles. The van der Waals surface area contributed by atoms with Crippen LogP contribution < -0.4 is 10.3 Å². The summed E-state index contributed by atoms with van der Waals surface area (Å²) in [5.74, 6) is -2.62. The second kappa shape index (κ2) is 9.25. The van der Waals surface area contributed by atoms with E-state index in [-0.39, 0.29) is 5.56 Å². The van der Waals surface area contributed by atoms with Gasteiger partial charge in [-0.1, -0.05) is 11.8 Å². The van der Waals surface area contributed by atoms with Crippen molar-refractivity contribution in [3.8, 4) is 5.88 Å². The first-order chi connectivity index (χ1) is 16.6. The number of hydrogen-bond acceptors (Lipinski definition) is 6. The van der Waals surface area contributed by atoms with E-state index < -0.39 is 18.0 Å². The fourth-order valence-electron chi connectivity index (χ4n) is 3.33. The van der Waals surface area contributed by atoms with E-state index in [0.717, 1.165) is 15.8 Å². The van der Waals surface area contributed by atoms with E-state index in [9.17, 15) is 22.4 Å². The van der Waals surface area contributed by atoms with Crippen LogP contribution in [-0.2, 0) is 4.79 Å². The number of nitrogens with zero attached hydrogens (tertiary/aromatic N) is 2. The van der Waals surface area contributed by atoms with Crippen LogP contribution in [0.2, 0.25) is 0 Å². The number of benzene rings is 2. The minimum Gasteiger partial charge on any atom is -0.481 e. The molecular formula is C22H14F4N4O4S. The van der Waals surface area contributed by atoms with Gasteiger partial charge in [0.2, 0.25) is 5.88 Å². The van der Waals surface area contributed by atoms with Crippen molar-refractivity contribution in [3.05, 3.63) is 65.0 Å². The van der Waals surface area contributed by atoms with Crippen molar-refractivity contribution in [3.63, 3.8) is 0 Å². The molecule has 13 heteroatoms. The normalized spacial score (nSPS) is 11.5. The minimum absolute atomic E-state index is 0.266. The fourth-order valence-corrected chi connectivity index (χ4v) is 4.09. The van der Waals surface area contributed by atoms with Gasteiger partial charge in [-0.3, -0.25) is 4.79 Å². The number of aliphatic carboxylic acids is 1. The fraction of sp³-hybridized carbons (Fsp3) is 0.0909. The van der Waals surface area contributed by atoms with Crippen molar-refractivity contribution in [1.82, 2.24) is 19.9 Å². The highest BCUT2D eigenvalue weighted by atomic mass is 32.2. The van der Waals surface area contributed by atoms with Crippen LogP contribution >= 0.6 is 11.8 Å². The number of fused-ring (bicyclic) bond motifs is 6. The van der Waals surface area contributed by atoms with Crippen molar-refractivity contribution in [2.45, 2.75) is 16.2 Å². The molecule has 0 aliphatic heterocycles. The molecule has 0 unspecified atom stereocenters. The Labute approximate surface area is 197 Å². The van der Waals surface area contributed by atoms with E-state index >= 15 is 0 Å². The molecule has 180 valence electrons. The Bertz CT molecular complexity index is 1610. The van der Waals surface area contributed by atoms with Crippen LogP contribution in [-0.4, -0.2) is 44.3 Å². The Kier molecular flexibility index (Phi) is 6.35. The lowest BCUT2D eigenvalue weighted by atomic mass is 10.0.